The van der Waals surface area contributed by atoms with Crippen LogP contribution in [0.3, 0.4) is 0 Å². The molecule has 4 N–H and O–H groups in total. The van der Waals surface area contributed by atoms with Crippen molar-refractivity contribution in [3.63, 3.8) is 0 Å². The van der Waals surface area contributed by atoms with E-state index in [0.717, 1.165) is 16.3 Å². The number of nitrogens with one attached hydrogen (secondary N) is 1. The van der Waals surface area contributed by atoms with Gasteiger partial charge in [0.25, 0.3) is 0 Å². The Morgan fingerprint density at radius 2 is 2.27 bits per heavy atom. The third kappa shape index (κ3) is 1.87. The molecule has 2 rings (SSSR count). The molecule has 0 aliphatic carbocycles. The number of carbonyl (C=O) groups is 1. The smallest absolute Gasteiger partial charge is 0.421 e. The second-order valence-corrected chi connectivity index (χ2v) is 3.59. The van der Waals surface area contributed by atoms with E-state index in [1.165, 1.54) is 0 Å². The van der Waals surface area contributed by atoms with E-state index in [-0.39, 0.29) is 6.04 Å². The Labute approximate surface area is 87.5 Å². The van der Waals surface area contributed by atoms with Crippen LogP contribution in [0, 0.1) is 0 Å². The van der Waals surface area contributed by atoms with E-state index in [1.54, 1.807) is 0 Å². The van der Waals surface area contributed by atoms with Crippen molar-refractivity contribution in [2.24, 2.45) is 5.84 Å². The van der Waals surface area contributed by atoms with E-state index in [0.29, 0.717) is 13.0 Å². The van der Waals surface area contributed by atoms with Gasteiger partial charge in [-0.3, -0.25) is 0 Å². The Kier molecular flexibility index (Phi) is 2.47. The van der Waals surface area contributed by atoms with Crippen molar-refractivity contribution in [1.29, 1.82) is 0 Å². The zero-order valence-corrected chi connectivity index (χ0v) is 8.18. The monoisotopic (exact) mass is 207 g/mol. The Balaban J connectivity index is 2.15. The summed E-state index contributed by atoms with van der Waals surface area (Å²) in [5, 5.41) is 12.8. The molecule has 1 amide bonds. The van der Waals surface area contributed by atoms with Gasteiger partial charge in [0.2, 0.25) is 0 Å². The van der Waals surface area contributed by atoms with Crippen LogP contribution in [-0.2, 0) is 6.42 Å². The van der Waals surface area contributed by atoms with Crippen LogP contribution < -0.4 is 11.2 Å². The summed E-state index contributed by atoms with van der Waals surface area (Å²) in [6.45, 7) is 0.555. The lowest BCUT2D eigenvalue weighted by Gasteiger charge is -2.30. The normalized spacial score (nSPS) is 18.9. The highest BCUT2D eigenvalue weighted by molar-refractivity contribution is 5.65. The van der Waals surface area contributed by atoms with E-state index in [2.05, 4.69) is 5.32 Å². The van der Waals surface area contributed by atoms with Crippen molar-refractivity contribution in [1.82, 2.24) is 5.01 Å². The van der Waals surface area contributed by atoms with Crippen molar-refractivity contribution in [3.8, 4) is 0 Å². The molecule has 0 saturated carbocycles. The molecule has 0 fully saturated rings. The summed E-state index contributed by atoms with van der Waals surface area (Å²) in [7, 11) is 0. The molecule has 1 atom stereocenters. The molecule has 1 aliphatic rings. The minimum absolute atomic E-state index is 0.197. The van der Waals surface area contributed by atoms with E-state index in [1.807, 2.05) is 24.3 Å². The fourth-order valence-corrected chi connectivity index (χ4v) is 1.78. The first kappa shape index (κ1) is 9.79. The molecule has 1 aromatic rings. The van der Waals surface area contributed by atoms with E-state index in [9.17, 15) is 4.79 Å². The predicted molar refractivity (Wildman–Crippen MR) is 56.5 cm³/mol. The van der Waals surface area contributed by atoms with Crippen molar-refractivity contribution in [2.75, 3.05) is 11.9 Å². The molecule has 0 saturated heterocycles. The Hall–Kier alpha value is -1.75. The van der Waals surface area contributed by atoms with E-state index in [4.69, 9.17) is 10.9 Å². The number of benzene rings is 1. The maximum Gasteiger partial charge on any atom is 0.421 e. The standard InChI is InChI=1S/C10H13N3O2/c11-13(10(14)15)8-5-7-3-1-2-4-9(7)12-6-8/h1-4,8,12H,5-6,11H2,(H,14,15). The van der Waals surface area contributed by atoms with Crippen LogP contribution in [0.5, 0.6) is 0 Å². The number of hydrazine groups is 1. The molecule has 0 spiro atoms. The van der Waals surface area contributed by atoms with E-state index >= 15 is 0 Å². The molecule has 80 valence electrons. The van der Waals surface area contributed by atoms with Crippen molar-refractivity contribution in [3.05, 3.63) is 29.8 Å². The topological polar surface area (TPSA) is 78.6 Å². The van der Waals surface area contributed by atoms with Crippen LogP contribution in [0.2, 0.25) is 0 Å². The van der Waals surface area contributed by atoms with Gasteiger partial charge in [0.1, 0.15) is 0 Å². The Morgan fingerprint density at radius 3 is 3.00 bits per heavy atom. The highest BCUT2D eigenvalue weighted by atomic mass is 16.4. The number of anilines is 1. The molecule has 1 heterocycles. The minimum Gasteiger partial charge on any atom is -0.464 e. The number of para-hydroxylation sites is 1. The third-order valence-corrected chi connectivity index (χ3v) is 2.62. The zero-order chi connectivity index (χ0) is 10.8. The molecule has 1 unspecified atom stereocenters. The third-order valence-electron chi connectivity index (χ3n) is 2.62. The van der Waals surface area contributed by atoms with Crippen LogP contribution in [0.25, 0.3) is 0 Å². The first-order chi connectivity index (χ1) is 7.18. The highest BCUT2D eigenvalue weighted by Gasteiger charge is 2.24. The number of fused-ring (bicyclic) bond motifs is 1. The van der Waals surface area contributed by atoms with Gasteiger partial charge in [-0.05, 0) is 18.1 Å². The maximum absolute atomic E-state index is 10.7. The Bertz CT molecular complexity index is 381. The number of hydrogen-bond donors (Lipinski definition) is 3. The lowest BCUT2D eigenvalue weighted by molar-refractivity contribution is 0.126. The van der Waals surface area contributed by atoms with Crippen molar-refractivity contribution < 1.29 is 9.90 Å². The van der Waals surface area contributed by atoms with Crippen molar-refractivity contribution in [2.45, 2.75) is 12.5 Å². The minimum atomic E-state index is -1.10. The van der Waals surface area contributed by atoms with Gasteiger partial charge in [-0.15, -0.1) is 0 Å². The average molecular weight is 207 g/mol. The molecule has 0 aromatic heterocycles. The summed E-state index contributed by atoms with van der Waals surface area (Å²) < 4.78 is 0. The molecule has 0 radical (unpaired) electrons. The summed E-state index contributed by atoms with van der Waals surface area (Å²) in [5.41, 5.74) is 2.16. The lowest BCUT2D eigenvalue weighted by atomic mass is 9.99. The first-order valence-corrected chi connectivity index (χ1v) is 4.77. The number of nitrogens with zero attached hydrogens (tertiary/aromatic N) is 1. The molecule has 1 aliphatic heterocycles. The maximum atomic E-state index is 10.7. The fraction of sp³-hybridized carbons (Fsp3) is 0.300. The summed E-state index contributed by atoms with van der Waals surface area (Å²) in [5.74, 6) is 5.44. The first-order valence-electron chi connectivity index (χ1n) is 4.77. The van der Waals surface area contributed by atoms with Gasteiger partial charge in [0.05, 0.1) is 6.04 Å². The fourth-order valence-electron chi connectivity index (χ4n) is 1.78. The molecule has 1 aromatic carbocycles. The van der Waals surface area contributed by atoms with Gasteiger partial charge in [-0.25, -0.2) is 15.6 Å². The predicted octanol–water partition coefficient (Wildman–Crippen LogP) is 0.877. The molecule has 5 nitrogen and oxygen atoms in total. The van der Waals surface area contributed by atoms with Gasteiger partial charge in [-0.2, -0.15) is 0 Å². The largest absolute Gasteiger partial charge is 0.464 e. The van der Waals surface area contributed by atoms with Crippen LogP contribution in [-0.4, -0.2) is 28.8 Å². The second-order valence-electron chi connectivity index (χ2n) is 3.59. The molecular weight excluding hydrogens is 194 g/mol. The van der Waals surface area contributed by atoms with Gasteiger partial charge < -0.3 is 10.4 Å². The van der Waals surface area contributed by atoms with Gasteiger partial charge in [0, 0.05) is 12.2 Å². The SMILES string of the molecule is NN(C(=O)O)C1CNc2ccccc2C1. The van der Waals surface area contributed by atoms with Crippen LogP contribution in [0.4, 0.5) is 10.5 Å². The lowest BCUT2D eigenvalue weighted by Crippen LogP contribution is -2.50. The number of nitrogens with two attached hydrogens (primary N) is 1. The average Bonchev–Trinajstić information content (AvgIpc) is 2.27. The summed E-state index contributed by atoms with van der Waals surface area (Å²) in [4.78, 5) is 10.7. The zero-order valence-electron chi connectivity index (χ0n) is 8.18. The van der Waals surface area contributed by atoms with Gasteiger partial charge >= 0.3 is 6.09 Å². The van der Waals surface area contributed by atoms with Crippen molar-refractivity contribution >= 4 is 11.8 Å². The Morgan fingerprint density at radius 1 is 1.53 bits per heavy atom. The van der Waals surface area contributed by atoms with E-state index < -0.39 is 6.09 Å². The molecule has 0 bridgehead atoms. The summed E-state index contributed by atoms with van der Waals surface area (Å²) in [6.07, 6.45) is -0.437. The number of rotatable bonds is 1. The summed E-state index contributed by atoms with van der Waals surface area (Å²) >= 11 is 0. The summed E-state index contributed by atoms with van der Waals surface area (Å²) in [6, 6.07) is 7.64. The number of carboxylic acid groups (broad SMARTS) is 1. The van der Waals surface area contributed by atoms with Gasteiger partial charge in [0.15, 0.2) is 0 Å². The highest BCUT2D eigenvalue weighted by Crippen LogP contribution is 2.22. The van der Waals surface area contributed by atoms with Gasteiger partial charge in [-0.1, -0.05) is 18.2 Å². The molecule has 5 heteroatoms. The second kappa shape index (κ2) is 3.78. The van der Waals surface area contributed by atoms with Crippen LogP contribution in [0.15, 0.2) is 24.3 Å². The quantitative estimate of drug-likeness (QED) is 0.363. The van der Waals surface area contributed by atoms with Crippen LogP contribution in [0.1, 0.15) is 5.56 Å². The molecular formula is C10H13N3O2. The van der Waals surface area contributed by atoms with Crippen LogP contribution >= 0.6 is 0 Å². The number of amides is 1. The number of hydrogen-bond acceptors (Lipinski definition) is 3. The molecule has 15 heavy (non-hydrogen) atoms.